The summed E-state index contributed by atoms with van der Waals surface area (Å²) in [5, 5.41) is 5.61. The molecule has 1 heterocycles. The lowest BCUT2D eigenvalue weighted by Gasteiger charge is -2.03. The van der Waals surface area contributed by atoms with Gasteiger partial charge in [-0.1, -0.05) is 6.07 Å². The van der Waals surface area contributed by atoms with E-state index in [-0.39, 0.29) is 5.71 Å². The number of hydrogen-bond acceptors (Lipinski definition) is 6. The second-order valence-electron chi connectivity index (χ2n) is 3.76. The zero-order valence-corrected chi connectivity index (χ0v) is 11.5. The molecule has 0 saturated carbocycles. The second-order valence-corrected chi connectivity index (χ2v) is 4.71. The van der Waals surface area contributed by atoms with Gasteiger partial charge < -0.3 is 4.74 Å². The summed E-state index contributed by atoms with van der Waals surface area (Å²) in [6.45, 7) is 0. The predicted molar refractivity (Wildman–Crippen MR) is 78.8 cm³/mol. The molecule has 0 saturated heterocycles. The molecule has 1 aromatic heterocycles. The van der Waals surface area contributed by atoms with E-state index < -0.39 is 5.78 Å². The number of hydrogen-bond donors (Lipinski definition) is 1. The lowest BCUT2D eigenvalue weighted by atomic mass is 10.2. The standard InChI is InChI=1S/C14H12N2O3S/c1-19-11-6-4-10(5-7-11)15-16-12(9-17)14(18)13-3-2-8-20-13/h2-9,15H,1H3. The Bertz CT molecular complexity index is 618. The molecule has 0 aliphatic carbocycles. The summed E-state index contributed by atoms with van der Waals surface area (Å²) in [4.78, 5) is 23.4. The Hall–Kier alpha value is -2.47. The third kappa shape index (κ3) is 3.30. The van der Waals surface area contributed by atoms with E-state index in [1.165, 1.54) is 11.3 Å². The Morgan fingerprint density at radius 1 is 1.30 bits per heavy atom. The molecule has 6 heteroatoms. The first-order valence-corrected chi connectivity index (χ1v) is 6.63. The molecule has 102 valence electrons. The van der Waals surface area contributed by atoms with Crippen LogP contribution < -0.4 is 10.2 Å². The van der Waals surface area contributed by atoms with Crippen LogP contribution in [0, 0.1) is 0 Å². The van der Waals surface area contributed by atoms with Crippen molar-refractivity contribution in [2.45, 2.75) is 0 Å². The highest BCUT2D eigenvalue weighted by atomic mass is 32.1. The van der Waals surface area contributed by atoms with Crippen LogP contribution in [0.2, 0.25) is 0 Å². The van der Waals surface area contributed by atoms with Crippen molar-refractivity contribution >= 4 is 34.8 Å². The van der Waals surface area contributed by atoms with Crippen molar-refractivity contribution in [1.82, 2.24) is 0 Å². The molecule has 0 atom stereocenters. The molecule has 2 rings (SSSR count). The van der Waals surface area contributed by atoms with Gasteiger partial charge in [0.1, 0.15) is 5.75 Å². The first-order chi connectivity index (χ1) is 9.74. The third-order valence-electron chi connectivity index (χ3n) is 2.48. The summed E-state index contributed by atoms with van der Waals surface area (Å²) in [6.07, 6.45) is 0.443. The van der Waals surface area contributed by atoms with E-state index in [1.807, 2.05) is 0 Å². The molecule has 0 aliphatic heterocycles. The Morgan fingerprint density at radius 2 is 2.05 bits per heavy atom. The molecule has 0 bridgehead atoms. The Balaban J connectivity index is 2.11. The zero-order valence-electron chi connectivity index (χ0n) is 10.7. The van der Waals surface area contributed by atoms with Crippen molar-refractivity contribution in [3.8, 4) is 5.75 Å². The SMILES string of the molecule is COc1ccc(NN=C(C=O)C(=O)c2cccs2)cc1. The van der Waals surface area contributed by atoms with Crippen LogP contribution in [0.4, 0.5) is 5.69 Å². The van der Waals surface area contributed by atoms with Gasteiger partial charge in [0.25, 0.3) is 0 Å². The second kappa shape index (κ2) is 6.63. The highest BCUT2D eigenvalue weighted by molar-refractivity contribution is 7.13. The fourth-order valence-corrected chi connectivity index (χ4v) is 2.13. The van der Waals surface area contributed by atoms with Crippen LogP contribution in [0.3, 0.4) is 0 Å². The van der Waals surface area contributed by atoms with Crippen molar-refractivity contribution in [1.29, 1.82) is 0 Å². The van der Waals surface area contributed by atoms with Gasteiger partial charge in [0, 0.05) is 0 Å². The van der Waals surface area contributed by atoms with E-state index in [0.717, 1.165) is 0 Å². The highest BCUT2D eigenvalue weighted by Gasteiger charge is 2.14. The molecule has 0 fully saturated rings. The smallest absolute Gasteiger partial charge is 0.226 e. The molecule has 1 aromatic carbocycles. The van der Waals surface area contributed by atoms with Gasteiger partial charge in [-0.2, -0.15) is 5.10 Å². The van der Waals surface area contributed by atoms with E-state index >= 15 is 0 Å². The molecular weight excluding hydrogens is 276 g/mol. The minimum absolute atomic E-state index is 0.164. The predicted octanol–water partition coefficient (Wildman–Crippen LogP) is 2.61. The fraction of sp³-hybridized carbons (Fsp3) is 0.0714. The number of ether oxygens (including phenoxy) is 1. The summed E-state index contributed by atoms with van der Waals surface area (Å²) in [5.41, 5.74) is 3.17. The number of ketones is 1. The minimum atomic E-state index is -0.393. The topological polar surface area (TPSA) is 67.8 Å². The number of nitrogens with one attached hydrogen (secondary N) is 1. The summed E-state index contributed by atoms with van der Waals surface area (Å²) in [6, 6.07) is 10.4. The molecule has 0 spiro atoms. The molecule has 2 aromatic rings. The quantitative estimate of drug-likeness (QED) is 0.292. The van der Waals surface area contributed by atoms with Crippen LogP contribution in [0.5, 0.6) is 5.75 Å². The summed E-state index contributed by atoms with van der Waals surface area (Å²) < 4.78 is 5.03. The number of hydrazone groups is 1. The number of carbonyl (C=O) groups is 2. The van der Waals surface area contributed by atoms with E-state index in [4.69, 9.17) is 4.74 Å². The van der Waals surface area contributed by atoms with Crippen molar-refractivity contribution in [2.75, 3.05) is 12.5 Å². The van der Waals surface area contributed by atoms with Gasteiger partial charge >= 0.3 is 0 Å². The molecule has 0 aliphatic rings. The van der Waals surface area contributed by atoms with Crippen LogP contribution >= 0.6 is 11.3 Å². The summed E-state index contributed by atoms with van der Waals surface area (Å²) >= 11 is 1.27. The van der Waals surface area contributed by atoms with Crippen LogP contribution in [-0.2, 0) is 4.79 Å². The van der Waals surface area contributed by atoms with Crippen molar-refractivity contribution < 1.29 is 14.3 Å². The lowest BCUT2D eigenvalue weighted by Crippen LogP contribution is -2.16. The number of methoxy groups -OCH3 is 1. The van der Waals surface area contributed by atoms with Crippen LogP contribution in [-0.4, -0.2) is 24.9 Å². The van der Waals surface area contributed by atoms with E-state index in [1.54, 1.807) is 48.9 Å². The molecule has 5 nitrogen and oxygen atoms in total. The van der Waals surface area contributed by atoms with E-state index in [2.05, 4.69) is 10.5 Å². The maximum Gasteiger partial charge on any atom is 0.226 e. The molecule has 0 radical (unpaired) electrons. The van der Waals surface area contributed by atoms with Crippen molar-refractivity contribution in [3.05, 3.63) is 46.7 Å². The summed E-state index contributed by atoms with van der Waals surface area (Å²) in [7, 11) is 1.57. The Kier molecular flexibility index (Phi) is 4.62. The first-order valence-electron chi connectivity index (χ1n) is 5.75. The Morgan fingerprint density at radius 3 is 2.60 bits per heavy atom. The van der Waals surface area contributed by atoms with Gasteiger partial charge in [0.15, 0.2) is 12.0 Å². The third-order valence-corrected chi connectivity index (χ3v) is 3.35. The number of rotatable bonds is 6. The summed E-state index contributed by atoms with van der Waals surface area (Å²) in [5.74, 6) is 0.320. The fourth-order valence-electron chi connectivity index (χ4n) is 1.45. The lowest BCUT2D eigenvalue weighted by molar-refractivity contribution is -0.102. The number of thiophene rings is 1. The van der Waals surface area contributed by atoms with Gasteiger partial charge in [0.05, 0.1) is 17.7 Å². The van der Waals surface area contributed by atoms with Crippen LogP contribution in [0.1, 0.15) is 9.67 Å². The van der Waals surface area contributed by atoms with Crippen LogP contribution in [0.25, 0.3) is 0 Å². The van der Waals surface area contributed by atoms with Crippen molar-refractivity contribution in [2.24, 2.45) is 5.10 Å². The number of nitrogens with zero attached hydrogens (tertiary/aromatic N) is 1. The average Bonchev–Trinajstić information content (AvgIpc) is 3.02. The van der Waals surface area contributed by atoms with Gasteiger partial charge in [-0.15, -0.1) is 11.3 Å². The Labute approximate surface area is 119 Å². The maximum atomic E-state index is 11.9. The normalized spacial score (nSPS) is 10.9. The van der Waals surface area contributed by atoms with E-state index in [0.29, 0.717) is 22.6 Å². The number of anilines is 1. The van der Waals surface area contributed by atoms with Gasteiger partial charge in [-0.25, -0.2) is 0 Å². The minimum Gasteiger partial charge on any atom is -0.497 e. The highest BCUT2D eigenvalue weighted by Crippen LogP contribution is 2.15. The molecule has 1 N–H and O–H groups in total. The molecule has 20 heavy (non-hydrogen) atoms. The average molecular weight is 288 g/mol. The van der Waals surface area contributed by atoms with Crippen molar-refractivity contribution in [3.63, 3.8) is 0 Å². The molecule has 0 amide bonds. The number of benzene rings is 1. The largest absolute Gasteiger partial charge is 0.497 e. The molecular formula is C14H12N2O3S. The number of aldehydes is 1. The van der Waals surface area contributed by atoms with Gasteiger partial charge in [0.2, 0.25) is 5.78 Å². The first kappa shape index (κ1) is 14.0. The zero-order chi connectivity index (χ0) is 14.4. The monoisotopic (exact) mass is 288 g/mol. The van der Waals surface area contributed by atoms with Crippen LogP contribution in [0.15, 0.2) is 46.9 Å². The van der Waals surface area contributed by atoms with E-state index in [9.17, 15) is 9.59 Å². The van der Waals surface area contributed by atoms with Gasteiger partial charge in [-0.05, 0) is 35.7 Å². The van der Waals surface area contributed by atoms with Gasteiger partial charge in [-0.3, -0.25) is 15.0 Å². The molecule has 0 unspecified atom stereocenters. The number of carbonyl (C=O) groups excluding carboxylic acids is 2. The maximum absolute atomic E-state index is 11.9. The number of Topliss-reactive ketones (excluding diaryl/α,β-unsaturated/α-hetero) is 1.